The summed E-state index contributed by atoms with van der Waals surface area (Å²) in [6, 6.07) is 1.88. The molecule has 0 aromatic carbocycles. The van der Waals surface area contributed by atoms with Crippen LogP contribution in [0.1, 0.15) is 31.9 Å². The third-order valence-corrected chi connectivity index (χ3v) is 3.19. The highest BCUT2D eigenvalue weighted by molar-refractivity contribution is 5.87. The molecule has 2 aliphatic rings. The number of carbonyl (C=O) groups is 1. The fraction of sp³-hybridized carbons (Fsp3) is 0.636. The Kier molecular flexibility index (Phi) is 1.96. The van der Waals surface area contributed by atoms with Crippen molar-refractivity contribution in [3.8, 4) is 0 Å². The molecule has 3 atom stereocenters. The lowest BCUT2D eigenvalue weighted by Crippen LogP contribution is -2.25. The van der Waals surface area contributed by atoms with Gasteiger partial charge in [0.1, 0.15) is 12.2 Å². The highest BCUT2D eigenvalue weighted by atomic mass is 16.8. The van der Waals surface area contributed by atoms with Gasteiger partial charge in [0.15, 0.2) is 11.6 Å². The number of nitrogens with zero attached hydrogens (tertiary/aromatic N) is 1. The molecular weight excluding hydrogens is 208 g/mol. The van der Waals surface area contributed by atoms with E-state index in [9.17, 15) is 4.79 Å². The summed E-state index contributed by atoms with van der Waals surface area (Å²) in [6.07, 6.45) is 1.56. The molecule has 0 spiro atoms. The average molecular weight is 222 g/mol. The molecule has 1 aromatic heterocycles. The maximum Gasteiger partial charge on any atom is 0.165 e. The quantitative estimate of drug-likeness (QED) is 0.769. The number of hydrogen-bond acceptors (Lipinski definition) is 4. The van der Waals surface area contributed by atoms with Gasteiger partial charge in [0, 0.05) is 24.2 Å². The summed E-state index contributed by atoms with van der Waals surface area (Å²) < 4.78 is 11.4. The minimum absolute atomic E-state index is 0.0433. The van der Waals surface area contributed by atoms with Gasteiger partial charge in [0.2, 0.25) is 0 Å². The molecule has 0 unspecified atom stereocenters. The standard InChI is InChI=1S/C11H14N2O3/c1-11(2)15-9-6(7-3-4-12-13-7)5-8(14)10(9)16-11/h3-4,6,9-10H,5H2,1-2H3,(H,12,13)/t6-,9-,10+/m1/s1. The molecule has 1 N–H and O–H groups in total. The first kappa shape index (κ1) is 9.99. The Bertz CT molecular complexity index is 413. The minimum atomic E-state index is -0.663. The first-order valence-corrected chi connectivity index (χ1v) is 5.44. The molecule has 2 fully saturated rings. The van der Waals surface area contributed by atoms with Crippen LogP contribution in [0.15, 0.2) is 12.3 Å². The van der Waals surface area contributed by atoms with Crippen LogP contribution >= 0.6 is 0 Å². The van der Waals surface area contributed by atoms with Crippen molar-refractivity contribution >= 4 is 5.78 Å². The maximum atomic E-state index is 11.8. The lowest BCUT2D eigenvalue weighted by molar-refractivity contribution is -0.160. The molecule has 1 saturated carbocycles. The van der Waals surface area contributed by atoms with Crippen molar-refractivity contribution in [3.63, 3.8) is 0 Å². The van der Waals surface area contributed by atoms with Crippen molar-refractivity contribution < 1.29 is 14.3 Å². The summed E-state index contributed by atoms with van der Waals surface area (Å²) in [7, 11) is 0. The Labute approximate surface area is 93.1 Å². The number of rotatable bonds is 1. The predicted molar refractivity (Wildman–Crippen MR) is 54.8 cm³/mol. The molecule has 3 rings (SSSR count). The largest absolute Gasteiger partial charge is 0.343 e. The second-order valence-electron chi connectivity index (χ2n) is 4.81. The number of hydrogen-bond donors (Lipinski definition) is 1. The third-order valence-electron chi connectivity index (χ3n) is 3.19. The Hall–Kier alpha value is -1.20. The van der Waals surface area contributed by atoms with Gasteiger partial charge in [-0.25, -0.2) is 0 Å². The molecule has 0 amide bonds. The number of fused-ring (bicyclic) bond motifs is 1. The maximum absolute atomic E-state index is 11.8. The van der Waals surface area contributed by atoms with Gasteiger partial charge in [-0.2, -0.15) is 5.10 Å². The van der Waals surface area contributed by atoms with E-state index < -0.39 is 11.9 Å². The van der Waals surface area contributed by atoms with Gasteiger partial charge >= 0.3 is 0 Å². The Morgan fingerprint density at radius 1 is 1.50 bits per heavy atom. The second kappa shape index (κ2) is 3.15. The minimum Gasteiger partial charge on any atom is -0.343 e. The fourth-order valence-electron chi connectivity index (χ4n) is 2.54. The Morgan fingerprint density at radius 3 is 3.00 bits per heavy atom. The number of H-pyrrole nitrogens is 1. The first-order chi connectivity index (χ1) is 7.57. The van der Waals surface area contributed by atoms with Gasteiger partial charge in [0.05, 0.1) is 0 Å². The van der Waals surface area contributed by atoms with E-state index in [2.05, 4.69) is 10.2 Å². The summed E-state index contributed by atoms with van der Waals surface area (Å²) in [5.41, 5.74) is 0.946. The normalized spacial score (nSPS) is 36.6. The number of aromatic amines is 1. The number of carbonyl (C=O) groups excluding carboxylic acids is 1. The van der Waals surface area contributed by atoms with Gasteiger partial charge < -0.3 is 9.47 Å². The SMILES string of the molecule is CC1(C)O[C@@H]2[C@@H](c3ccn[nH]3)CC(=O)[C@@H]2O1. The summed E-state index contributed by atoms with van der Waals surface area (Å²) >= 11 is 0. The summed E-state index contributed by atoms with van der Waals surface area (Å²) in [6.45, 7) is 3.67. The molecule has 86 valence electrons. The van der Waals surface area contributed by atoms with E-state index in [1.165, 1.54) is 0 Å². The van der Waals surface area contributed by atoms with Crippen LogP contribution in [0.2, 0.25) is 0 Å². The van der Waals surface area contributed by atoms with Gasteiger partial charge in [-0.15, -0.1) is 0 Å². The van der Waals surface area contributed by atoms with E-state index in [0.717, 1.165) is 5.69 Å². The molecule has 0 bridgehead atoms. The molecule has 2 heterocycles. The zero-order chi connectivity index (χ0) is 11.3. The number of ketones is 1. The van der Waals surface area contributed by atoms with Crippen LogP contribution in [0.25, 0.3) is 0 Å². The number of ether oxygens (including phenoxy) is 2. The van der Waals surface area contributed by atoms with Gasteiger partial charge in [-0.3, -0.25) is 9.89 Å². The van der Waals surface area contributed by atoms with E-state index >= 15 is 0 Å². The van der Waals surface area contributed by atoms with Crippen LogP contribution in [-0.2, 0) is 14.3 Å². The van der Waals surface area contributed by atoms with E-state index in [1.807, 2.05) is 19.9 Å². The van der Waals surface area contributed by atoms with Crippen LogP contribution < -0.4 is 0 Å². The van der Waals surface area contributed by atoms with Crippen molar-refractivity contribution in [1.29, 1.82) is 0 Å². The van der Waals surface area contributed by atoms with Crippen LogP contribution in [0.3, 0.4) is 0 Å². The van der Waals surface area contributed by atoms with Crippen molar-refractivity contribution in [2.45, 2.75) is 44.2 Å². The number of nitrogens with one attached hydrogen (secondary N) is 1. The van der Waals surface area contributed by atoms with Crippen molar-refractivity contribution in [3.05, 3.63) is 18.0 Å². The van der Waals surface area contributed by atoms with E-state index in [4.69, 9.17) is 9.47 Å². The second-order valence-corrected chi connectivity index (χ2v) is 4.81. The Morgan fingerprint density at radius 2 is 2.31 bits per heavy atom. The molecule has 16 heavy (non-hydrogen) atoms. The van der Waals surface area contributed by atoms with Crippen molar-refractivity contribution in [1.82, 2.24) is 10.2 Å². The average Bonchev–Trinajstić information content (AvgIpc) is 2.84. The monoisotopic (exact) mass is 222 g/mol. The molecule has 1 aliphatic carbocycles. The van der Waals surface area contributed by atoms with Gasteiger partial charge in [-0.1, -0.05) is 0 Å². The molecule has 5 nitrogen and oxygen atoms in total. The van der Waals surface area contributed by atoms with E-state index in [-0.39, 0.29) is 17.8 Å². The zero-order valence-electron chi connectivity index (χ0n) is 9.27. The lowest BCUT2D eigenvalue weighted by atomic mass is 10.0. The first-order valence-electron chi connectivity index (χ1n) is 5.44. The number of aromatic nitrogens is 2. The smallest absolute Gasteiger partial charge is 0.165 e. The van der Waals surface area contributed by atoms with Crippen LogP contribution in [0.4, 0.5) is 0 Å². The lowest BCUT2D eigenvalue weighted by Gasteiger charge is -2.20. The summed E-state index contributed by atoms with van der Waals surface area (Å²) in [5, 5.41) is 6.81. The van der Waals surface area contributed by atoms with E-state index in [1.54, 1.807) is 6.20 Å². The molecular formula is C11H14N2O3. The van der Waals surface area contributed by atoms with Crippen molar-refractivity contribution in [2.24, 2.45) is 0 Å². The third kappa shape index (κ3) is 1.39. The fourth-order valence-corrected chi connectivity index (χ4v) is 2.54. The van der Waals surface area contributed by atoms with Crippen LogP contribution in [0, 0.1) is 0 Å². The summed E-state index contributed by atoms with van der Waals surface area (Å²) in [5.74, 6) is -0.499. The topological polar surface area (TPSA) is 64.2 Å². The van der Waals surface area contributed by atoms with Gasteiger partial charge in [0.25, 0.3) is 0 Å². The number of Topliss-reactive ketones (excluding diaryl/α,β-unsaturated/α-hetero) is 1. The highest BCUT2D eigenvalue weighted by Crippen LogP contribution is 2.43. The molecule has 0 radical (unpaired) electrons. The molecule has 1 aliphatic heterocycles. The Balaban J connectivity index is 1.91. The van der Waals surface area contributed by atoms with Crippen molar-refractivity contribution in [2.75, 3.05) is 0 Å². The summed E-state index contributed by atoms with van der Waals surface area (Å²) in [4.78, 5) is 11.8. The molecule has 1 aromatic rings. The molecule has 5 heteroatoms. The van der Waals surface area contributed by atoms with E-state index in [0.29, 0.717) is 6.42 Å². The van der Waals surface area contributed by atoms with Gasteiger partial charge in [-0.05, 0) is 19.9 Å². The highest BCUT2D eigenvalue weighted by Gasteiger charge is 2.54. The zero-order valence-corrected chi connectivity index (χ0v) is 9.27. The predicted octanol–water partition coefficient (Wildman–Crippen LogP) is 0.986. The molecule has 1 saturated heterocycles. The van der Waals surface area contributed by atoms with Crippen LogP contribution in [-0.4, -0.2) is 34.0 Å². The van der Waals surface area contributed by atoms with Crippen LogP contribution in [0.5, 0.6) is 0 Å².